The third kappa shape index (κ3) is 3.32. The van der Waals surface area contributed by atoms with Gasteiger partial charge in [0.15, 0.2) is 0 Å². The fraction of sp³-hybridized carbons (Fsp3) is 0.385. The highest BCUT2D eigenvalue weighted by atomic mass is 35.5. The Balaban J connectivity index is 2.15. The Hall–Kier alpha value is -1.53. The minimum Gasteiger partial charge on any atom is -0.367 e. The van der Waals surface area contributed by atoms with E-state index in [0.29, 0.717) is 16.6 Å². The molecule has 0 aliphatic heterocycles. The van der Waals surface area contributed by atoms with Gasteiger partial charge >= 0.3 is 0 Å². The number of carbonyl (C=O) groups excluding carboxylic acids is 1. The number of hydrogen-bond donors (Lipinski definition) is 2. The van der Waals surface area contributed by atoms with E-state index in [4.69, 9.17) is 21.9 Å². The van der Waals surface area contributed by atoms with E-state index in [1.807, 2.05) is 0 Å². The van der Waals surface area contributed by atoms with E-state index in [2.05, 4.69) is 17.4 Å². The second-order valence-electron chi connectivity index (χ2n) is 4.34. The van der Waals surface area contributed by atoms with Gasteiger partial charge in [0.05, 0.1) is 9.21 Å². The van der Waals surface area contributed by atoms with E-state index in [1.165, 1.54) is 11.3 Å². The molecule has 108 valence electrons. The number of rotatable bonds is 6. The van der Waals surface area contributed by atoms with E-state index < -0.39 is 0 Å². The van der Waals surface area contributed by atoms with Crippen molar-refractivity contribution in [2.75, 3.05) is 12.3 Å². The summed E-state index contributed by atoms with van der Waals surface area (Å²) in [7, 11) is 0. The SMILES string of the molecule is CCCCCNC(=O)c1c(-c2ccc(Cl)s2)noc1N. The molecule has 5 nitrogen and oxygen atoms in total. The van der Waals surface area contributed by atoms with Crippen LogP contribution in [-0.4, -0.2) is 17.6 Å². The van der Waals surface area contributed by atoms with Crippen LogP contribution in [0.1, 0.15) is 36.5 Å². The fourth-order valence-corrected chi connectivity index (χ4v) is 2.83. The molecule has 0 spiro atoms. The highest BCUT2D eigenvalue weighted by Gasteiger charge is 2.23. The van der Waals surface area contributed by atoms with Gasteiger partial charge in [-0.2, -0.15) is 0 Å². The number of anilines is 1. The van der Waals surface area contributed by atoms with Crippen LogP contribution in [0.4, 0.5) is 5.88 Å². The van der Waals surface area contributed by atoms with Crippen molar-refractivity contribution in [3.8, 4) is 10.6 Å². The summed E-state index contributed by atoms with van der Waals surface area (Å²) < 4.78 is 5.56. The maximum atomic E-state index is 12.2. The Labute approximate surface area is 126 Å². The number of carbonyl (C=O) groups is 1. The Morgan fingerprint density at radius 3 is 2.95 bits per heavy atom. The summed E-state index contributed by atoms with van der Waals surface area (Å²) in [6.07, 6.45) is 3.12. The van der Waals surface area contributed by atoms with E-state index in [0.717, 1.165) is 24.1 Å². The van der Waals surface area contributed by atoms with Gasteiger partial charge in [-0.1, -0.05) is 36.5 Å². The van der Waals surface area contributed by atoms with Gasteiger partial charge in [-0.25, -0.2) is 0 Å². The minimum atomic E-state index is -0.264. The smallest absolute Gasteiger partial charge is 0.259 e. The first-order valence-electron chi connectivity index (χ1n) is 6.42. The molecule has 20 heavy (non-hydrogen) atoms. The van der Waals surface area contributed by atoms with Crippen molar-refractivity contribution in [3.63, 3.8) is 0 Å². The molecule has 0 radical (unpaired) electrons. The average molecular weight is 314 g/mol. The maximum absolute atomic E-state index is 12.2. The lowest BCUT2D eigenvalue weighted by Gasteiger charge is -2.04. The van der Waals surface area contributed by atoms with Crippen molar-refractivity contribution in [1.82, 2.24) is 10.5 Å². The first-order chi connectivity index (χ1) is 9.63. The molecule has 0 aromatic carbocycles. The van der Waals surface area contributed by atoms with Crippen molar-refractivity contribution in [3.05, 3.63) is 22.0 Å². The van der Waals surface area contributed by atoms with E-state index >= 15 is 0 Å². The highest BCUT2D eigenvalue weighted by molar-refractivity contribution is 7.19. The minimum absolute atomic E-state index is 0.0255. The molecular formula is C13H16ClN3O2S. The number of hydrogen-bond acceptors (Lipinski definition) is 5. The molecule has 2 rings (SSSR count). The van der Waals surface area contributed by atoms with E-state index in [9.17, 15) is 4.79 Å². The molecule has 0 saturated heterocycles. The summed E-state index contributed by atoms with van der Waals surface area (Å²) >= 11 is 7.22. The summed E-state index contributed by atoms with van der Waals surface area (Å²) in [6.45, 7) is 2.72. The molecule has 0 unspecified atom stereocenters. The molecule has 0 fully saturated rings. The lowest BCUT2D eigenvalue weighted by atomic mass is 10.2. The molecule has 0 saturated carbocycles. The van der Waals surface area contributed by atoms with Crippen LogP contribution >= 0.6 is 22.9 Å². The molecule has 3 N–H and O–H groups in total. The number of nitrogens with zero attached hydrogens (tertiary/aromatic N) is 1. The molecule has 2 heterocycles. The van der Waals surface area contributed by atoms with Gasteiger partial charge in [-0.15, -0.1) is 11.3 Å². The second kappa shape index (κ2) is 6.76. The van der Waals surface area contributed by atoms with Gasteiger partial charge in [0.25, 0.3) is 5.91 Å². The van der Waals surface area contributed by atoms with Crippen molar-refractivity contribution < 1.29 is 9.32 Å². The molecule has 0 atom stereocenters. The van der Waals surface area contributed by atoms with Gasteiger partial charge in [-0.05, 0) is 18.6 Å². The zero-order chi connectivity index (χ0) is 14.5. The van der Waals surface area contributed by atoms with Gasteiger partial charge < -0.3 is 15.6 Å². The molecule has 7 heteroatoms. The number of unbranched alkanes of at least 4 members (excludes halogenated alkanes) is 2. The summed E-state index contributed by atoms with van der Waals surface area (Å²) in [5.41, 5.74) is 6.41. The molecule has 1 amide bonds. The summed E-state index contributed by atoms with van der Waals surface area (Å²) in [5, 5.41) is 6.69. The average Bonchev–Trinajstić information content (AvgIpc) is 3.00. The lowest BCUT2D eigenvalue weighted by Crippen LogP contribution is -2.25. The Morgan fingerprint density at radius 2 is 2.30 bits per heavy atom. The zero-order valence-electron chi connectivity index (χ0n) is 11.1. The largest absolute Gasteiger partial charge is 0.367 e. The van der Waals surface area contributed by atoms with Crippen LogP contribution in [-0.2, 0) is 0 Å². The number of nitrogens with one attached hydrogen (secondary N) is 1. The number of thiophene rings is 1. The molecule has 2 aromatic heterocycles. The van der Waals surface area contributed by atoms with Crippen molar-refractivity contribution in [1.29, 1.82) is 0 Å². The van der Waals surface area contributed by atoms with Gasteiger partial charge in [0, 0.05) is 6.54 Å². The van der Waals surface area contributed by atoms with Crippen LogP contribution < -0.4 is 11.1 Å². The third-order valence-electron chi connectivity index (χ3n) is 2.82. The molecule has 0 bridgehead atoms. The Bertz CT molecular complexity index is 594. The van der Waals surface area contributed by atoms with Crippen LogP contribution in [0.25, 0.3) is 10.6 Å². The highest BCUT2D eigenvalue weighted by Crippen LogP contribution is 2.34. The molecule has 0 aliphatic carbocycles. The summed E-state index contributed by atoms with van der Waals surface area (Å²) in [6, 6.07) is 3.54. The standard InChI is InChI=1S/C13H16ClN3O2S/c1-2-3-4-7-16-13(18)10-11(17-19-12(10)15)8-5-6-9(14)20-8/h5-6H,2-4,7,15H2,1H3,(H,16,18). The molecule has 0 aliphatic rings. The number of halogens is 1. The molecule has 2 aromatic rings. The zero-order valence-corrected chi connectivity index (χ0v) is 12.7. The lowest BCUT2D eigenvalue weighted by molar-refractivity contribution is 0.0954. The number of nitrogen functional groups attached to an aromatic ring is 1. The van der Waals surface area contributed by atoms with Crippen molar-refractivity contribution in [2.24, 2.45) is 0 Å². The monoisotopic (exact) mass is 313 g/mol. The predicted octanol–water partition coefficient (Wildman–Crippen LogP) is 3.56. The number of amides is 1. The van der Waals surface area contributed by atoms with Gasteiger partial charge in [0.1, 0.15) is 11.3 Å². The van der Waals surface area contributed by atoms with Crippen LogP contribution in [0.5, 0.6) is 0 Å². The fourth-order valence-electron chi connectivity index (χ4n) is 1.80. The quantitative estimate of drug-likeness (QED) is 0.799. The Kier molecular flexibility index (Phi) is 5.03. The number of nitrogens with two attached hydrogens (primary N) is 1. The van der Waals surface area contributed by atoms with Gasteiger partial charge in [-0.3, -0.25) is 4.79 Å². The van der Waals surface area contributed by atoms with Crippen LogP contribution in [0.2, 0.25) is 4.34 Å². The summed E-state index contributed by atoms with van der Waals surface area (Å²) in [4.78, 5) is 12.9. The van der Waals surface area contributed by atoms with E-state index in [-0.39, 0.29) is 17.4 Å². The number of aromatic nitrogens is 1. The summed E-state index contributed by atoms with van der Waals surface area (Å²) in [5.74, 6) is -0.239. The third-order valence-corrected chi connectivity index (χ3v) is 4.06. The first-order valence-corrected chi connectivity index (χ1v) is 7.62. The van der Waals surface area contributed by atoms with E-state index in [1.54, 1.807) is 12.1 Å². The molecular weight excluding hydrogens is 298 g/mol. The van der Waals surface area contributed by atoms with Crippen LogP contribution in [0.3, 0.4) is 0 Å². The van der Waals surface area contributed by atoms with Gasteiger partial charge in [0.2, 0.25) is 5.88 Å². The first kappa shape index (κ1) is 14.9. The normalized spacial score (nSPS) is 10.7. The van der Waals surface area contributed by atoms with Crippen molar-refractivity contribution in [2.45, 2.75) is 26.2 Å². The topological polar surface area (TPSA) is 81.2 Å². The van der Waals surface area contributed by atoms with Crippen LogP contribution in [0, 0.1) is 0 Å². The second-order valence-corrected chi connectivity index (χ2v) is 6.05. The predicted molar refractivity (Wildman–Crippen MR) is 81.1 cm³/mol. The van der Waals surface area contributed by atoms with Crippen LogP contribution in [0.15, 0.2) is 16.7 Å². The Morgan fingerprint density at radius 1 is 1.50 bits per heavy atom. The maximum Gasteiger partial charge on any atom is 0.259 e. The van der Waals surface area contributed by atoms with Crippen molar-refractivity contribution >= 4 is 34.7 Å².